The lowest BCUT2D eigenvalue weighted by molar-refractivity contribution is -0.117. The molecule has 0 fully saturated rings. The van der Waals surface area contributed by atoms with Crippen molar-refractivity contribution in [3.63, 3.8) is 0 Å². The number of aromatic nitrogens is 4. The third kappa shape index (κ3) is 2.87. The second-order valence-corrected chi connectivity index (χ2v) is 5.02. The summed E-state index contributed by atoms with van der Waals surface area (Å²) in [5, 5.41) is 22.0. The standard InChI is InChI=1S/C12H9N5O3S/c18-10(14-12-13-3-4-21-12)6-17-15-8-2-1-7(11(19)20)5-9(8)16-17/h1-5H,6H2,(H,19,20)(H,13,14,18). The number of carbonyl (C=O) groups is 2. The van der Waals surface area contributed by atoms with Gasteiger partial charge in [-0.15, -0.1) is 11.3 Å². The Labute approximate surface area is 122 Å². The maximum absolute atomic E-state index is 11.8. The summed E-state index contributed by atoms with van der Waals surface area (Å²) >= 11 is 1.31. The van der Waals surface area contributed by atoms with Gasteiger partial charge in [0.2, 0.25) is 5.91 Å². The first kappa shape index (κ1) is 13.2. The van der Waals surface area contributed by atoms with Crippen molar-refractivity contribution < 1.29 is 14.7 Å². The molecule has 21 heavy (non-hydrogen) atoms. The van der Waals surface area contributed by atoms with Gasteiger partial charge in [-0.1, -0.05) is 0 Å². The first-order valence-corrected chi connectivity index (χ1v) is 6.77. The summed E-state index contributed by atoms with van der Waals surface area (Å²) in [5.74, 6) is -1.34. The molecule has 106 valence electrons. The van der Waals surface area contributed by atoms with E-state index in [0.717, 1.165) is 0 Å². The summed E-state index contributed by atoms with van der Waals surface area (Å²) in [4.78, 5) is 27.8. The van der Waals surface area contributed by atoms with Crippen molar-refractivity contribution in [3.8, 4) is 0 Å². The van der Waals surface area contributed by atoms with Crippen molar-refractivity contribution in [2.75, 3.05) is 5.32 Å². The second-order valence-electron chi connectivity index (χ2n) is 4.12. The molecule has 1 aromatic carbocycles. The highest BCUT2D eigenvalue weighted by atomic mass is 32.1. The van der Waals surface area contributed by atoms with Gasteiger partial charge in [0.15, 0.2) is 5.13 Å². The average molecular weight is 303 g/mol. The zero-order chi connectivity index (χ0) is 14.8. The Morgan fingerprint density at radius 1 is 1.29 bits per heavy atom. The van der Waals surface area contributed by atoms with Gasteiger partial charge in [0.1, 0.15) is 17.6 Å². The predicted molar refractivity (Wildman–Crippen MR) is 75.2 cm³/mol. The highest BCUT2D eigenvalue weighted by molar-refractivity contribution is 7.13. The minimum atomic E-state index is -1.03. The number of carboxylic acids is 1. The quantitative estimate of drug-likeness (QED) is 0.750. The fourth-order valence-corrected chi connectivity index (χ4v) is 2.28. The first-order chi connectivity index (χ1) is 10.1. The van der Waals surface area contributed by atoms with Gasteiger partial charge >= 0.3 is 5.97 Å². The van der Waals surface area contributed by atoms with Gasteiger partial charge in [0, 0.05) is 11.6 Å². The summed E-state index contributed by atoms with van der Waals surface area (Å²) in [7, 11) is 0. The van der Waals surface area contributed by atoms with Crippen LogP contribution in [0.5, 0.6) is 0 Å². The zero-order valence-electron chi connectivity index (χ0n) is 10.6. The van der Waals surface area contributed by atoms with Crippen LogP contribution >= 0.6 is 11.3 Å². The number of carbonyl (C=O) groups excluding carboxylic acids is 1. The van der Waals surface area contributed by atoms with E-state index in [0.29, 0.717) is 16.2 Å². The number of hydrogen-bond donors (Lipinski definition) is 2. The Kier molecular flexibility index (Phi) is 3.32. The van der Waals surface area contributed by atoms with Crippen molar-refractivity contribution in [1.82, 2.24) is 20.0 Å². The number of thiazole rings is 1. The Bertz CT molecular complexity index is 812. The molecule has 0 bridgehead atoms. The normalized spacial score (nSPS) is 10.7. The number of amides is 1. The van der Waals surface area contributed by atoms with Crippen LogP contribution in [0.3, 0.4) is 0 Å². The molecule has 0 spiro atoms. The summed E-state index contributed by atoms with van der Waals surface area (Å²) < 4.78 is 0. The number of hydrogen-bond acceptors (Lipinski definition) is 6. The molecule has 1 amide bonds. The van der Waals surface area contributed by atoms with Crippen molar-refractivity contribution in [3.05, 3.63) is 35.3 Å². The fourth-order valence-electron chi connectivity index (χ4n) is 1.74. The highest BCUT2D eigenvalue weighted by Crippen LogP contribution is 2.13. The number of carboxylic acid groups (broad SMARTS) is 1. The lowest BCUT2D eigenvalue weighted by Crippen LogP contribution is -2.20. The van der Waals surface area contributed by atoms with Gasteiger partial charge in [-0.2, -0.15) is 15.0 Å². The van der Waals surface area contributed by atoms with Crippen molar-refractivity contribution in [2.45, 2.75) is 6.54 Å². The van der Waals surface area contributed by atoms with Crippen molar-refractivity contribution in [1.29, 1.82) is 0 Å². The molecule has 0 unspecified atom stereocenters. The van der Waals surface area contributed by atoms with E-state index in [4.69, 9.17) is 5.11 Å². The van der Waals surface area contributed by atoms with E-state index >= 15 is 0 Å². The number of aromatic carboxylic acids is 1. The number of rotatable bonds is 4. The molecule has 2 aromatic heterocycles. The van der Waals surface area contributed by atoms with Crippen LogP contribution in [0.2, 0.25) is 0 Å². The molecule has 0 aliphatic carbocycles. The number of nitrogens with zero attached hydrogens (tertiary/aromatic N) is 4. The Morgan fingerprint density at radius 3 is 2.81 bits per heavy atom. The monoisotopic (exact) mass is 303 g/mol. The molecule has 0 saturated carbocycles. The largest absolute Gasteiger partial charge is 0.478 e. The van der Waals surface area contributed by atoms with E-state index in [1.54, 1.807) is 17.6 Å². The predicted octanol–water partition coefficient (Wildman–Crippen LogP) is 1.22. The van der Waals surface area contributed by atoms with Gasteiger partial charge in [0.05, 0.1) is 5.56 Å². The molecular formula is C12H9N5O3S. The summed E-state index contributed by atoms with van der Waals surface area (Å²) in [6, 6.07) is 4.42. The summed E-state index contributed by atoms with van der Waals surface area (Å²) in [5.41, 5.74) is 1.08. The van der Waals surface area contributed by atoms with Crippen LogP contribution in [-0.4, -0.2) is 37.0 Å². The molecule has 3 aromatic rings. The van der Waals surface area contributed by atoms with Crippen LogP contribution in [0.15, 0.2) is 29.8 Å². The third-order valence-corrected chi connectivity index (χ3v) is 3.32. The van der Waals surface area contributed by atoms with Gasteiger partial charge in [-0.05, 0) is 18.2 Å². The van der Waals surface area contributed by atoms with Gasteiger partial charge in [-0.3, -0.25) is 4.79 Å². The summed E-state index contributed by atoms with van der Waals surface area (Å²) in [6.45, 7) is -0.0728. The average Bonchev–Trinajstić information content (AvgIpc) is 3.05. The lowest BCUT2D eigenvalue weighted by Gasteiger charge is -1.99. The molecule has 3 rings (SSSR count). The van der Waals surface area contributed by atoms with Gasteiger partial charge in [-0.25, -0.2) is 9.78 Å². The van der Waals surface area contributed by atoms with Crippen LogP contribution in [0, 0.1) is 0 Å². The van der Waals surface area contributed by atoms with E-state index in [1.165, 1.54) is 28.3 Å². The maximum Gasteiger partial charge on any atom is 0.335 e. The maximum atomic E-state index is 11.8. The van der Waals surface area contributed by atoms with Gasteiger partial charge in [0.25, 0.3) is 0 Å². The molecule has 0 saturated heterocycles. The Morgan fingerprint density at radius 2 is 2.10 bits per heavy atom. The second kappa shape index (κ2) is 5.29. The zero-order valence-corrected chi connectivity index (χ0v) is 11.4. The number of nitrogens with one attached hydrogen (secondary N) is 1. The molecule has 2 heterocycles. The van der Waals surface area contributed by atoms with Crippen LogP contribution in [-0.2, 0) is 11.3 Å². The van der Waals surface area contributed by atoms with Crippen LogP contribution in [0.1, 0.15) is 10.4 Å². The molecule has 9 heteroatoms. The molecule has 0 aliphatic rings. The van der Waals surface area contributed by atoms with Crippen LogP contribution in [0.25, 0.3) is 11.0 Å². The van der Waals surface area contributed by atoms with Gasteiger partial charge < -0.3 is 10.4 Å². The lowest BCUT2D eigenvalue weighted by atomic mass is 10.2. The van der Waals surface area contributed by atoms with Crippen LogP contribution < -0.4 is 5.32 Å². The molecular weight excluding hydrogens is 294 g/mol. The minimum absolute atomic E-state index is 0.0728. The number of benzene rings is 1. The van der Waals surface area contributed by atoms with E-state index in [-0.39, 0.29) is 18.0 Å². The smallest absolute Gasteiger partial charge is 0.335 e. The Hall–Kier alpha value is -2.81. The molecule has 0 atom stereocenters. The molecule has 8 nitrogen and oxygen atoms in total. The fraction of sp³-hybridized carbons (Fsp3) is 0.0833. The van der Waals surface area contributed by atoms with E-state index in [2.05, 4.69) is 20.5 Å². The molecule has 0 aliphatic heterocycles. The first-order valence-electron chi connectivity index (χ1n) is 5.89. The number of anilines is 1. The van der Waals surface area contributed by atoms with Crippen molar-refractivity contribution >= 4 is 39.4 Å². The van der Waals surface area contributed by atoms with E-state index in [9.17, 15) is 9.59 Å². The molecule has 0 radical (unpaired) electrons. The third-order valence-electron chi connectivity index (χ3n) is 2.63. The topological polar surface area (TPSA) is 110 Å². The van der Waals surface area contributed by atoms with Crippen LogP contribution in [0.4, 0.5) is 5.13 Å². The number of fused-ring (bicyclic) bond motifs is 1. The summed E-state index contributed by atoms with van der Waals surface area (Å²) in [6.07, 6.45) is 1.59. The highest BCUT2D eigenvalue weighted by Gasteiger charge is 2.11. The SMILES string of the molecule is O=C(Cn1nc2ccc(C(=O)O)cc2n1)Nc1nccs1. The minimum Gasteiger partial charge on any atom is -0.478 e. The van der Waals surface area contributed by atoms with E-state index < -0.39 is 5.97 Å². The molecule has 2 N–H and O–H groups in total. The Balaban J connectivity index is 1.78. The van der Waals surface area contributed by atoms with E-state index in [1.807, 2.05) is 0 Å². The van der Waals surface area contributed by atoms with Crippen molar-refractivity contribution in [2.24, 2.45) is 0 Å².